The zero-order valence-corrected chi connectivity index (χ0v) is 15.7. The fourth-order valence-corrected chi connectivity index (χ4v) is 3.71. The van der Waals surface area contributed by atoms with Gasteiger partial charge in [0.1, 0.15) is 17.1 Å². The van der Waals surface area contributed by atoms with Crippen molar-refractivity contribution in [1.29, 1.82) is 0 Å². The van der Waals surface area contributed by atoms with Crippen LogP contribution in [0.1, 0.15) is 0 Å². The number of nitrogens with one attached hydrogen (secondary N) is 1. The van der Waals surface area contributed by atoms with E-state index in [1.54, 1.807) is 14.2 Å². The fourth-order valence-electron chi connectivity index (χ4n) is 3.71. The highest BCUT2D eigenvalue weighted by Gasteiger charge is 2.23. The van der Waals surface area contributed by atoms with Gasteiger partial charge in [0, 0.05) is 28.6 Å². The lowest BCUT2D eigenvalue weighted by molar-refractivity contribution is 0.397. The third kappa shape index (κ3) is 2.54. The summed E-state index contributed by atoms with van der Waals surface area (Å²) < 4.78 is 17.5. The molecule has 5 rings (SSSR count). The highest BCUT2D eigenvalue weighted by atomic mass is 16.5. The number of rotatable bonds is 4. The SMILES string of the molecule is COc1cc(OC)c2c(-c3ccccc3)c(-c3cc4ccccc4[nH]3)oc2c1. The lowest BCUT2D eigenvalue weighted by Crippen LogP contribution is -1.88. The summed E-state index contributed by atoms with van der Waals surface area (Å²) in [5, 5.41) is 2.07. The molecular weight excluding hydrogens is 350 g/mol. The van der Waals surface area contributed by atoms with E-state index in [4.69, 9.17) is 13.9 Å². The molecule has 0 saturated heterocycles. The predicted molar refractivity (Wildman–Crippen MR) is 112 cm³/mol. The molecule has 0 radical (unpaired) electrons. The Morgan fingerprint density at radius 1 is 0.821 bits per heavy atom. The number of hydrogen-bond donors (Lipinski definition) is 1. The first-order valence-electron chi connectivity index (χ1n) is 9.10. The van der Waals surface area contributed by atoms with E-state index in [0.717, 1.165) is 50.2 Å². The maximum atomic E-state index is 6.36. The molecule has 4 heteroatoms. The van der Waals surface area contributed by atoms with Crippen LogP contribution in [0.15, 0.2) is 77.2 Å². The van der Waals surface area contributed by atoms with Crippen LogP contribution in [0.4, 0.5) is 0 Å². The Morgan fingerprint density at radius 2 is 1.61 bits per heavy atom. The summed E-state index contributed by atoms with van der Waals surface area (Å²) >= 11 is 0. The van der Waals surface area contributed by atoms with Gasteiger partial charge in [-0.1, -0.05) is 48.5 Å². The van der Waals surface area contributed by atoms with Gasteiger partial charge >= 0.3 is 0 Å². The van der Waals surface area contributed by atoms with Crippen molar-refractivity contribution in [2.45, 2.75) is 0 Å². The molecule has 1 N–H and O–H groups in total. The second-order valence-electron chi connectivity index (χ2n) is 6.65. The molecular formula is C24H19NO3. The van der Waals surface area contributed by atoms with E-state index in [-0.39, 0.29) is 0 Å². The molecule has 2 heterocycles. The first kappa shape index (κ1) is 16.5. The van der Waals surface area contributed by atoms with E-state index in [1.807, 2.05) is 42.5 Å². The Kier molecular flexibility index (Phi) is 3.83. The topological polar surface area (TPSA) is 47.4 Å². The Hall–Kier alpha value is -3.66. The second-order valence-corrected chi connectivity index (χ2v) is 6.65. The van der Waals surface area contributed by atoms with Crippen LogP contribution in [0.25, 0.3) is 44.5 Å². The van der Waals surface area contributed by atoms with Crippen molar-refractivity contribution in [1.82, 2.24) is 4.98 Å². The van der Waals surface area contributed by atoms with Gasteiger partial charge in [0.25, 0.3) is 0 Å². The van der Waals surface area contributed by atoms with Crippen molar-refractivity contribution in [2.75, 3.05) is 14.2 Å². The molecule has 0 aliphatic heterocycles. The van der Waals surface area contributed by atoms with Crippen LogP contribution in [-0.2, 0) is 0 Å². The molecule has 0 spiro atoms. The van der Waals surface area contributed by atoms with E-state index in [9.17, 15) is 0 Å². The first-order valence-corrected chi connectivity index (χ1v) is 9.10. The Morgan fingerprint density at radius 3 is 2.36 bits per heavy atom. The van der Waals surface area contributed by atoms with Gasteiger partial charge in [-0.3, -0.25) is 0 Å². The van der Waals surface area contributed by atoms with Gasteiger partial charge in [-0.15, -0.1) is 0 Å². The van der Waals surface area contributed by atoms with Gasteiger partial charge in [-0.05, 0) is 17.7 Å². The highest BCUT2D eigenvalue weighted by molar-refractivity contribution is 6.06. The van der Waals surface area contributed by atoms with Crippen molar-refractivity contribution in [3.63, 3.8) is 0 Å². The minimum atomic E-state index is 0.695. The fraction of sp³-hybridized carbons (Fsp3) is 0.0833. The molecule has 0 unspecified atom stereocenters. The molecule has 4 nitrogen and oxygen atoms in total. The maximum Gasteiger partial charge on any atom is 0.159 e. The van der Waals surface area contributed by atoms with Crippen LogP contribution >= 0.6 is 0 Å². The molecule has 138 valence electrons. The summed E-state index contributed by atoms with van der Waals surface area (Å²) in [4.78, 5) is 3.48. The monoisotopic (exact) mass is 369 g/mol. The number of benzene rings is 3. The average Bonchev–Trinajstić information content (AvgIpc) is 3.34. The van der Waals surface area contributed by atoms with E-state index in [0.29, 0.717) is 5.75 Å². The van der Waals surface area contributed by atoms with Crippen LogP contribution in [0.5, 0.6) is 11.5 Å². The molecule has 0 bridgehead atoms. The summed E-state index contributed by atoms with van der Waals surface area (Å²) in [6.07, 6.45) is 0. The molecule has 2 aromatic heterocycles. The third-order valence-electron chi connectivity index (χ3n) is 5.02. The molecule has 0 amide bonds. The number of methoxy groups -OCH3 is 2. The lowest BCUT2D eigenvalue weighted by Gasteiger charge is -2.07. The standard InChI is InChI=1S/C24H19NO3/c1-26-17-13-20(27-2)23-21(14-17)28-24(22(23)15-8-4-3-5-9-15)19-12-16-10-6-7-11-18(16)25-19/h3-14,25H,1-2H3. The van der Waals surface area contributed by atoms with Crippen LogP contribution < -0.4 is 9.47 Å². The van der Waals surface area contributed by atoms with Gasteiger partial charge in [-0.2, -0.15) is 0 Å². The molecule has 0 saturated carbocycles. The number of aromatic amines is 1. The van der Waals surface area contributed by atoms with E-state index >= 15 is 0 Å². The molecule has 0 aliphatic carbocycles. The van der Waals surface area contributed by atoms with Crippen molar-refractivity contribution < 1.29 is 13.9 Å². The van der Waals surface area contributed by atoms with Gasteiger partial charge < -0.3 is 18.9 Å². The first-order chi connectivity index (χ1) is 13.8. The quantitative estimate of drug-likeness (QED) is 0.406. The van der Waals surface area contributed by atoms with Crippen LogP contribution in [-0.4, -0.2) is 19.2 Å². The van der Waals surface area contributed by atoms with Gasteiger partial charge in [0.15, 0.2) is 5.76 Å². The molecule has 3 aromatic carbocycles. The van der Waals surface area contributed by atoms with Crippen molar-refractivity contribution in [3.8, 4) is 34.1 Å². The second kappa shape index (κ2) is 6.50. The minimum absolute atomic E-state index is 0.695. The van der Waals surface area contributed by atoms with Crippen molar-refractivity contribution >= 4 is 21.9 Å². The Labute approximate surface area is 162 Å². The summed E-state index contributed by atoms with van der Waals surface area (Å²) in [7, 11) is 3.30. The summed E-state index contributed by atoms with van der Waals surface area (Å²) in [5.74, 6) is 2.20. The van der Waals surface area contributed by atoms with Crippen LogP contribution in [0.3, 0.4) is 0 Å². The number of hydrogen-bond acceptors (Lipinski definition) is 3. The molecule has 28 heavy (non-hydrogen) atoms. The molecule has 0 aliphatic rings. The van der Waals surface area contributed by atoms with Crippen LogP contribution in [0, 0.1) is 0 Å². The summed E-state index contributed by atoms with van der Waals surface area (Å²) in [6.45, 7) is 0. The smallest absolute Gasteiger partial charge is 0.159 e. The molecule has 0 fully saturated rings. The number of ether oxygens (including phenoxy) is 2. The highest BCUT2D eigenvalue weighted by Crippen LogP contribution is 2.46. The van der Waals surface area contributed by atoms with Crippen molar-refractivity contribution in [2.24, 2.45) is 0 Å². The van der Waals surface area contributed by atoms with Gasteiger partial charge in [0.2, 0.25) is 0 Å². The largest absolute Gasteiger partial charge is 0.496 e. The van der Waals surface area contributed by atoms with E-state index in [2.05, 4.69) is 35.3 Å². The number of aromatic nitrogens is 1. The Balaban J connectivity index is 1.87. The predicted octanol–water partition coefficient (Wildman–Crippen LogP) is 6.27. The lowest BCUT2D eigenvalue weighted by atomic mass is 10.00. The van der Waals surface area contributed by atoms with Gasteiger partial charge in [-0.25, -0.2) is 0 Å². The summed E-state index contributed by atoms with van der Waals surface area (Å²) in [6, 6.07) is 24.3. The Bertz CT molecular complexity index is 1250. The zero-order chi connectivity index (χ0) is 19.1. The maximum absolute atomic E-state index is 6.36. The minimum Gasteiger partial charge on any atom is -0.496 e. The van der Waals surface area contributed by atoms with Gasteiger partial charge in [0.05, 0.1) is 25.3 Å². The van der Waals surface area contributed by atoms with Crippen molar-refractivity contribution in [3.05, 3.63) is 72.8 Å². The zero-order valence-electron chi connectivity index (χ0n) is 15.7. The molecule has 5 aromatic rings. The number of H-pyrrole nitrogens is 1. The average molecular weight is 369 g/mol. The van der Waals surface area contributed by atoms with E-state index in [1.165, 1.54) is 0 Å². The number of fused-ring (bicyclic) bond motifs is 2. The normalized spacial score (nSPS) is 11.2. The van der Waals surface area contributed by atoms with Crippen LogP contribution in [0.2, 0.25) is 0 Å². The number of furan rings is 1. The van der Waals surface area contributed by atoms with E-state index < -0.39 is 0 Å². The third-order valence-corrected chi connectivity index (χ3v) is 5.02. The molecule has 0 atom stereocenters. The number of para-hydroxylation sites is 1. The summed E-state index contributed by atoms with van der Waals surface area (Å²) in [5.41, 5.74) is 4.79.